The fraction of sp³-hybridized carbons (Fsp3) is 0.343. The van der Waals surface area contributed by atoms with Crippen molar-refractivity contribution in [2.75, 3.05) is 6.61 Å². The summed E-state index contributed by atoms with van der Waals surface area (Å²) in [6.45, 7) is 1.25. The second-order valence-electron chi connectivity index (χ2n) is 11.4. The van der Waals surface area contributed by atoms with Crippen LogP contribution in [0.5, 0.6) is 0 Å². The normalized spacial score (nSPS) is 22.0. The van der Waals surface area contributed by atoms with Crippen molar-refractivity contribution in [3.8, 4) is 0 Å². The van der Waals surface area contributed by atoms with Crippen molar-refractivity contribution in [3.05, 3.63) is 107 Å². The summed E-state index contributed by atoms with van der Waals surface area (Å²) in [5.74, 6) is -3.22. The highest BCUT2D eigenvalue weighted by Crippen LogP contribution is 2.38. The summed E-state index contributed by atoms with van der Waals surface area (Å²) in [7, 11) is 0. The first-order valence-electron chi connectivity index (χ1n) is 15.3. The van der Waals surface area contributed by atoms with E-state index < -0.39 is 58.1 Å². The molecule has 3 aromatic rings. The van der Waals surface area contributed by atoms with E-state index in [1.165, 1.54) is 19.1 Å². The van der Waals surface area contributed by atoms with Gasteiger partial charge in [0, 0.05) is 6.42 Å². The molecule has 0 radical (unpaired) electrons. The summed E-state index contributed by atoms with van der Waals surface area (Å²) in [4.78, 5) is 53.6. The Balaban J connectivity index is 1.57. The molecule has 1 unspecified atom stereocenters. The molecule has 5 atom stereocenters. The van der Waals surface area contributed by atoms with Gasteiger partial charge in [-0.1, -0.05) is 108 Å². The fourth-order valence-electron chi connectivity index (χ4n) is 5.51. The largest absolute Gasteiger partial charge is 0.457 e. The summed E-state index contributed by atoms with van der Waals surface area (Å²) in [5, 5.41) is 8.37. The van der Waals surface area contributed by atoms with Crippen LogP contribution in [0.3, 0.4) is 0 Å². The molecule has 258 valence electrons. The van der Waals surface area contributed by atoms with E-state index >= 15 is 0 Å². The zero-order valence-electron chi connectivity index (χ0n) is 26.3. The van der Waals surface area contributed by atoms with Crippen LogP contribution in [0.4, 0.5) is 0 Å². The molecule has 0 saturated carbocycles. The number of nitrogens with one attached hydrogen (secondary N) is 1. The van der Waals surface area contributed by atoms with E-state index in [1.54, 1.807) is 36.4 Å². The number of Topliss-reactive ketones (excluding diaryl/α,β-unsaturated/α-hetero) is 1. The lowest BCUT2D eigenvalue weighted by Gasteiger charge is -2.47. The van der Waals surface area contributed by atoms with Crippen LogP contribution in [0.2, 0.25) is 0 Å². The maximum Gasteiger partial charge on any atom is 0.306 e. The van der Waals surface area contributed by atoms with Crippen molar-refractivity contribution in [1.29, 1.82) is 5.41 Å². The molecule has 2 amide bonds. The van der Waals surface area contributed by atoms with Crippen LogP contribution in [0.25, 0.3) is 0 Å². The Labute approximate surface area is 297 Å². The molecule has 0 aromatic heterocycles. The first kappa shape index (κ1) is 36.4. The number of halogens is 3. The zero-order valence-corrected chi connectivity index (χ0v) is 28.5. The van der Waals surface area contributed by atoms with E-state index in [4.69, 9.17) is 63.9 Å². The Morgan fingerprint density at radius 2 is 1.35 bits per heavy atom. The van der Waals surface area contributed by atoms with Crippen molar-refractivity contribution in [3.63, 3.8) is 0 Å². The third kappa shape index (κ3) is 9.04. The smallest absolute Gasteiger partial charge is 0.306 e. The van der Waals surface area contributed by atoms with Gasteiger partial charge in [0.15, 0.2) is 6.10 Å². The van der Waals surface area contributed by atoms with Gasteiger partial charge in [-0.3, -0.25) is 24.7 Å². The average Bonchev–Trinajstić information content (AvgIpc) is 3.33. The monoisotopic (exact) mass is 730 g/mol. The van der Waals surface area contributed by atoms with E-state index in [2.05, 4.69) is 0 Å². The number of nitrogens with zero attached hydrogens (tertiary/aromatic N) is 1. The third-order valence-electron chi connectivity index (χ3n) is 7.86. The molecular formula is C35H33Cl3N2O9. The number of benzene rings is 3. The summed E-state index contributed by atoms with van der Waals surface area (Å²) < 4.78 is 28.1. The van der Waals surface area contributed by atoms with Crippen molar-refractivity contribution in [1.82, 2.24) is 4.90 Å². The molecule has 1 fully saturated rings. The van der Waals surface area contributed by atoms with Crippen LogP contribution in [0.1, 0.15) is 51.6 Å². The van der Waals surface area contributed by atoms with Gasteiger partial charge in [0.2, 0.25) is 12.2 Å². The predicted molar refractivity (Wildman–Crippen MR) is 179 cm³/mol. The number of fused-ring (bicyclic) bond motifs is 1. The average molecular weight is 732 g/mol. The summed E-state index contributed by atoms with van der Waals surface area (Å²) in [6, 6.07) is 23.1. The van der Waals surface area contributed by atoms with E-state index in [1.807, 2.05) is 36.4 Å². The number of ether oxygens (including phenoxy) is 5. The second-order valence-corrected chi connectivity index (χ2v) is 13.7. The number of rotatable bonds is 13. The highest BCUT2D eigenvalue weighted by molar-refractivity contribution is 6.76. The SMILES string of the molecule is CC(=O)CCC(=O)O[C@H]1[C@H](OCc2ccccc2)[C@@H](N2C(=O)c3ccccc3C2=O)C(OC(=N)C(Cl)(Cl)Cl)O[C@@H]1COCc1ccccc1. The topological polar surface area (TPSA) is 142 Å². The van der Waals surface area contributed by atoms with Gasteiger partial charge in [-0.2, -0.15) is 0 Å². The number of esters is 1. The van der Waals surface area contributed by atoms with Gasteiger partial charge in [-0.15, -0.1) is 0 Å². The first-order chi connectivity index (χ1) is 23.4. The summed E-state index contributed by atoms with van der Waals surface area (Å²) in [5.41, 5.74) is 1.81. The van der Waals surface area contributed by atoms with Crippen molar-refractivity contribution >= 4 is 64.3 Å². The van der Waals surface area contributed by atoms with E-state index in [0.29, 0.717) is 0 Å². The Morgan fingerprint density at radius 1 is 0.796 bits per heavy atom. The molecule has 1 N–H and O–H groups in total. The van der Waals surface area contributed by atoms with Crippen molar-refractivity contribution < 1.29 is 42.9 Å². The van der Waals surface area contributed by atoms with Crippen LogP contribution < -0.4 is 0 Å². The quantitative estimate of drug-likeness (QED) is 0.0757. The lowest BCUT2D eigenvalue weighted by atomic mass is 9.94. The van der Waals surface area contributed by atoms with Crippen molar-refractivity contribution in [2.24, 2.45) is 0 Å². The van der Waals surface area contributed by atoms with Crippen LogP contribution in [0, 0.1) is 5.41 Å². The first-order valence-corrected chi connectivity index (χ1v) is 16.5. The summed E-state index contributed by atoms with van der Waals surface area (Å²) >= 11 is 18.0. The van der Waals surface area contributed by atoms with Gasteiger partial charge in [0.05, 0.1) is 37.4 Å². The van der Waals surface area contributed by atoms with Gasteiger partial charge in [0.1, 0.15) is 24.0 Å². The maximum atomic E-state index is 13.9. The zero-order chi connectivity index (χ0) is 35.1. The number of imide groups is 1. The van der Waals surface area contributed by atoms with Crippen molar-refractivity contribution in [2.45, 2.75) is 67.4 Å². The van der Waals surface area contributed by atoms with Crippen LogP contribution in [-0.4, -0.2) is 75.4 Å². The third-order valence-corrected chi connectivity index (χ3v) is 8.37. The number of hydrogen-bond donors (Lipinski definition) is 1. The lowest BCUT2D eigenvalue weighted by molar-refractivity contribution is -0.276. The van der Waals surface area contributed by atoms with E-state index in [9.17, 15) is 19.2 Å². The van der Waals surface area contributed by atoms with Crippen LogP contribution in [0.15, 0.2) is 84.9 Å². The molecule has 2 aliphatic heterocycles. The van der Waals surface area contributed by atoms with E-state index in [0.717, 1.165) is 16.0 Å². The molecule has 2 heterocycles. The molecule has 2 aliphatic rings. The Kier molecular flexibility index (Phi) is 12.1. The van der Waals surface area contributed by atoms with E-state index in [-0.39, 0.29) is 49.6 Å². The molecule has 0 spiro atoms. The number of amides is 2. The van der Waals surface area contributed by atoms with Gasteiger partial charge in [0.25, 0.3) is 15.6 Å². The predicted octanol–water partition coefficient (Wildman–Crippen LogP) is 5.82. The van der Waals surface area contributed by atoms with Crippen LogP contribution >= 0.6 is 34.8 Å². The molecule has 0 bridgehead atoms. The highest BCUT2D eigenvalue weighted by atomic mass is 35.6. The summed E-state index contributed by atoms with van der Waals surface area (Å²) in [6.07, 6.45) is -5.75. The minimum absolute atomic E-state index is 0.0567. The minimum Gasteiger partial charge on any atom is -0.457 e. The molecule has 1 saturated heterocycles. The molecule has 11 nitrogen and oxygen atoms in total. The number of alkyl halides is 3. The van der Waals surface area contributed by atoms with Gasteiger partial charge < -0.3 is 28.5 Å². The maximum absolute atomic E-state index is 13.9. The van der Waals surface area contributed by atoms with Gasteiger partial charge in [-0.25, -0.2) is 0 Å². The Morgan fingerprint density at radius 3 is 1.90 bits per heavy atom. The lowest BCUT2D eigenvalue weighted by Crippen LogP contribution is -2.67. The minimum atomic E-state index is -2.34. The molecular weight excluding hydrogens is 699 g/mol. The Bertz CT molecular complexity index is 1630. The Hall–Kier alpha value is -3.84. The van der Waals surface area contributed by atoms with Crippen LogP contribution in [-0.2, 0) is 46.5 Å². The molecule has 5 rings (SSSR count). The number of hydrogen-bond acceptors (Lipinski definition) is 10. The number of carbonyl (C=O) groups excluding carboxylic acids is 4. The molecule has 49 heavy (non-hydrogen) atoms. The number of ketones is 1. The van der Waals surface area contributed by atoms with Gasteiger partial charge >= 0.3 is 5.97 Å². The molecule has 0 aliphatic carbocycles. The second kappa shape index (κ2) is 16.2. The van der Waals surface area contributed by atoms with Gasteiger partial charge in [-0.05, 0) is 30.2 Å². The molecule has 14 heteroatoms. The standard InChI is InChI=1S/C35H33Cl3N2O9/c1-21(41)16-17-27(42)48-29-26(20-45-18-22-10-4-2-5-11-22)47-33(49-34(39)35(36,37)38)28(30(29)46-19-23-12-6-3-7-13-23)40-31(43)24-14-8-9-15-25(24)32(40)44/h2-15,26,28-30,33,39H,16-20H2,1H3/t26-,28-,29-,30-,33?/m1/s1. The number of carbonyl (C=O) groups is 4. The highest BCUT2D eigenvalue weighted by Gasteiger charge is 2.57. The molecule has 3 aromatic carbocycles. The fourth-order valence-corrected chi connectivity index (χ4v) is 5.65.